The topological polar surface area (TPSA) is 82.1 Å². The van der Waals surface area contributed by atoms with Gasteiger partial charge in [-0.2, -0.15) is 0 Å². The zero-order valence-electron chi connectivity index (χ0n) is 16.8. The third-order valence-electron chi connectivity index (χ3n) is 4.12. The summed E-state index contributed by atoms with van der Waals surface area (Å²) in [5.41, 5.74) is 0.580. The summed E-state index contributed by atoms with van der Waals surface area (Å²) < 4.78 is 15.9. The molecular formula is C20H24ClNO6S. The molecule has 29 heavy (non-hydrogen) atoms. The monoisotopic (exact) mass is 441 g/mol. The summed E-state index contributed by atoms with van der Waals surface area (Å²) in [6.45, 7) is 7.54. The Kier molecular flexibility index (Phi) is 8.40. The van der Waals surface area contributed by atoms with Gasteiger partial charge in [0.1, 0.15) is 0 Å². The van der Waals surface area contributed by atoms with Crippen LogP contribution in [0.15, 0.2) is 17.0 Å². The van der Waals surface area contributed by atoms with Gasteiger partial charge >= 0.3 is 5.97 Å². The van der Waals surface area contributed by atoms with Crippen molar-refractivity contribution in [2.24, 2.45) is 0 Å². The van der Waals surface area contributed by atoms with Gasteiger partial charge in [0.25, 0.3) is 11.1 Å². The van der Waals surface area contributed by atoms with E-state index in [0.29, 0.717) is 29.2 Å². The number of carbonyl (C=O) groups is 3. The number of hydrogen-bond acceptors (Lipinski definition) is 7. The summed E-state index contributed by atoms with van der Waals surface area (Å²) >= 11 is 7.22. The maximum Gasteiger partial charge on any atom is 0.344 e. The van der Waals surface area contributed by atoms with Crippen molar-refractivity contribution in [2.45, 2.75) is 40.2 Å². The van der Waals surface area contributed by atoms with Crippen molar-refractivity contribution in [3.63, 3.8) is 0 Å². The lowest BCUT2D eigenvalue weighted by molar-refractivity contribution is -0.145. The molecule has 0 aliphatic carbocycles. The molecule has 0 bridgehead atoms. The first kappa shape index (κ1) is 23.1. The molecule has 9 heteroatoms. The van der Waals surface area contributed by atoms with Gasteiger partial charge in [-0.1, -0.05) is 18.5 Å². The molecule has 2 amide bonds. The average molecular weight is 442 g/mol. The summed E-state index contributed by atoms with van der Waals surface area (Å²) in [6.07, 6.45) is 2.27. The molecule has 0 N–H and O–H groups in total. The van der Waals surface area contributed by atoms with E-state index in [0.717, 1.165) is 11.8 Å². The maximum absolute atomic E-state index is 12.6. The number of amides is 2. The largest absolute Gasteiger partial charge is 0.490 e. The van der Waals surface area contributed by atoms with Gasteiger partial charge in [-0.05, 0) is 62.7 Å². The van der Waals surface area contributed by atoms with Crippen LogP contribution >= 0.6 is 23.4 Å². The lowest BCUT2D eigenvalue weighted by Crippen LogP contribution is -2.36. The Bertz CT molecular complexity index is 825. The molecule has 1 atom stereocenters. The van der Waals surface area contributed by atoms with Crippen molar-refractivity contribution in [1.82, 2.24) is 4.90 Å². The molecule has 0 unspecified atom stereocenters. The third kappa shape index (κ3) is 5.67. The molecule has 2 rings (SSSR count). The minimum absolute atomic E-state index is 0.172. The highest BCUT2D eigenvalue weighted by Crippen LogP contribution is 2.39. The first-order chi connectivity index (χ1) is 13.8. The molecule has 1 fully saturated rings. The highest BCUT2D eigenvalue weighted by Gasteiger charge is 2.37. The van der Waals surface area contributed by atoms with Crippen LogP contribution in [0.25, 0.3) is 6.08 Å². The molecule has 1 aromatic carbocycles. The lowest BCUT2D eigenvalue weighted by atomic mass is 10.1. The Labute approximate surface area is 179 Å². The number of imide groups is 1. The van der Waals surface area contributed by atoms with Gasteiger partial charge in [-0.15, -0.1) is 0 Å². The smallest absolute Gasteiger partial charge is 0.344 e. The number of thioether (sulfide) groups is 1. The second-order valence-electron chi connectivity index (χ2n) is 6.17. The van der Waals surface area contributed by atoms with Crippen molar-refractivity contribution < 1.29 is 28.6 Å². The van der Waals surface area contributed by atoms with Gasteiger partial charge in [0.2, 0.25) is 0 Å². The number of hydrogen-bond donors (Lipinski definition) is 0. The maximum atomic E-state index is 12.6. The minimum atomic E-state index is -0.520. The fraction of sp³-hybridized carbons (Fsp3) is 0.450. The molecule has 158 valence electrons. The van der Waals surface area contributed by atoms with Crippen LogP contribution in [0.2, 0.25) is 5.02 Å². The molecule has 0 radical (unpaired) electrons. The van der Waals surface area contributed by atoms with Crippen molar-refractivity contribution in [1.29, 1.82) is 0 Å². The van der Waals surface area contributed by atoms with E-state index in [1.165, 1.54) is 4.90 Å². The van der Waals surface area contributed by atoms with Crippen LogP contribution in [0.3, 0.4) is 0 Å². The Balaban J connectivity index is 2.30. The molecule has 1 heterocycles. The molecule has 1 aliphatic heterocycles. The SMILES string of the molecule is CCOC(=O)COc1c(Cl)cc(/C=C2/SC(=O)N([C@H](C)CC)C2=O)cc1OCC. The summed E-state index contributed by atoms with van der Waals surface area (Å²) in [6, 6.07) is 3.06. The van der Waals surface area contributed by atoms with E-state index < -0.39 is 5.97 Å². The number of carbonyl (C=O) groups excluding carboxylic acids is 3. The second-order valence-corrected chi connectivity index (χ2v) is 7.57. The number of rotatable bonds is 9. The zero-order valence-corrected chi connectivity index (χ0v) is 18.4. The Morgan fingerprint density at radius 3 is 2.55 bits per heavy atom. The second kappa shape index (κ2) is 10.5. The first-order valence-electron chi connectivity index (χ1n) is 9.34. The van der Waals surface area contributed by atoms with Crippen molar-refractivity contribution in [3.05, 3.63) is 27.6 Å². The third-order valence-corrected chi connectivity index (χ3v) is 5.29. The van der Waals surface area contributed by atoms with Gasteiger partial charge in [0.15, 0.2) is 18.1 Å². The van der Waals surface area contributed by atoms with Crippen LogP contribution in [0.1, 0.15) is 39.7 Å². The molecule has 7 nitrogen and oxygen atoms in total. The van der Waals surface area contributed by atoms with Crippen LogP contribution in [0, 0.1) is 0 Å². The fourth-order valence-electron chi connectivity index (χ4n) is 2.60. The average Bonchev–Trinajstić information content (AvgIpc) is 2.94. The van der Waals surface area contributed by atoms with E-state index in [2.05, 4.69) is 0 Å². The van der Waals surface area contributed by atoms with Crippen molar-refractivity contribution >= 4 is 46.6 Å². The molecule has 1 aliphatic rings. The van der Waals surface area contributed by atoms with Crippen LogP contribution in [-0.4, -0.2) is 47.9 Å². The van der Waals surface area contributed by atoms with E-state index in [-0.39, 0.29) is 41.2 Å². The van der Waals surface area contributed by atoms with Gasteiger partial charge < -0.3 is 14.2 Å². The number of ether oxygens (including phenoxy) is 3. The van der Waals surface area contributed by atoms with Gasteiger partial charge in [0, 0.05) is 6.04 Å². The lowest BCUT2D eigenvalue weighted by Gasteiger charge is -2.19. The van der Waals surface area contributed by atoms with E-state index >= 15 is 0 Å². The summed E-state index contributed by atoms with van der Waals surface area (Å²) in [4.78, 5) is 37.9. The zero-order chi connectivity index (χ0) is 21.6. The number of nitrogens with zero attached hydrogens (tertiary/aromatic N) is 1. The van der Waals surface area contributed by atoms with Gasteiger partial charge in [-0.3, -0.25) is 14.5 Å². The van der Waals surface area contributed by atoms with E-state index in [1.807, 2.05) is 13.8 Å². The highest BCUT2D eigenvalue weighted by atomic mass is 35.5. The fourth-order valence-corrected chi connectivity index (χ4v) is 3.81. The minimum Gasteiger partial charge on any atom is -0.490 e. The molecule has 1 aromatic rings. The van der Waals surface area contributed by atoms with E-state index in [1.54, 1.807) is 32.1 Å². The van der Waals surface area contributed by atoms with Crippen molar-refractivity contribution in [2.75, 3.05) is 19.8 Å². The first-order valence-corrected chi connectivity index (χ1v) is 10.5. The van der Waals surface area contributed by atoms with Crippen molar-refractivity contribution in [3.8, 4) is 11.5 Å². The van der Waals surface area contributed by atoms with Gasteiger partial charge in [0.05, 0.1) is 23.1 Å². The standard InChI is InChI=1S/C20H24ClNO6S/c1-5-12(4)22-19(24)16(29-20(22)25)10-13-8-14(21)18(15(9-13)26-6-2)28-11-17(23)27-7-3/h8-10,12H,5-7,11H2,1-4H3/b16-10+/t12-/m1/s1. The number of benzene rings is 1. The van der Waals surface area contributed by atoms with Crippen LogP contribution in [0.4, 0.5) is 4.79 Å². The van der Waals surface area contributed by atoms with Gasteiger partial charge in [-0.25, -0.2) is 4.79 Å². The summed E-state index contributed by atoms with van der Waals surface area (Å²) in [5, 5.41) is -0.0752. The summed E-state index contributed by atoms with van der Waals surface area (Å²) in [5.74, 6) is -0.303. The number of esters is 1. The Morgan fingerprint density at radius 1 is 1.21 bits per heavy atom. The molecule has 0 spiro atoms. The highest BCUT2D eigenvalue weighted by molar-refractivity contribution is 8.18. The van der Waals surface area contributed by atoms with Crippen LogP contribution < -0.4 is 9.47 Å². The normalized spacial score (nSPS) is 16.3. The van der Waals surface area contributed by atoms with E-state index in [4.69, 9.17) is 25.8 Å². The predicted octanol–water partition coefficient (Wildman–Crippen LogP) is 4.52. The molecule has 1 saturated heterocycles. The predicted molar refractivity (Wildman–Crippen MR) is 112 cm³/mol. The Morgan fingerprint density at radius 2 is 1.93 bits per heavy atom. The Hall–Kier alpha value is -2.19. The summed E-state index contributed by atoms with van der Waals surface area (Å²) in [7, 11) is 0. The molecular weight excluding hydrogens is 418 g/mol. The van der Waals surface area contributed by atoms with Crippen LogP contribution in [-0.2, 0) is 14.3 Å². The van der Waals surface area contributed by atoms with E-state index in [9.17, 15) is 14.4 Å². The molecule has 0 saturated carbocycles. The quantitative estimate of drug-likeness (QED) is 0.411. The van der Waals surface area contributed by atoms with Crippen LogP contribution in [0.5, 0.6) is 11.5 Å². The molecule has 0 aromatic heterocycles. The number of halogens is 1.